The molecule has 1 aliphatic rings. The number of ether oxygens (including phenoxy) is 1. The first-order valence-corrected chi connectivity index (χ1v) is 7.62. The van der Waals surface area contributed by atoms with Gasteiger partial charge < -0.3 is 4.74 Å². The van der Waals surface area contributed by atoms with E-state index in [1.54, 1.807) is 18.2 Å². The van der Waals surface area contributed by atoms with E-state index < -0.39 is 10.0 Å². The van der Waals surface area contributed by atoms with Crippen LogP contribution >= 0.6 is 11.6 Å². The Bertz CT molecular complexity index is 522. The van der Waals surface area contributed by atoms with Gasteiger partial charge in [-0.15, -0.1) is 0 Å². The van der Waals surface area contributed by atoms with Gasteiger partial charge in [-0.2, -0.15) is 4.31 Å². The Morgan fingerprint density at radius 3 is 2.44 bits per heavy atom. The molecule has 0 radical (unpaired) electrons. The van der Waals surface area contributed by atoms with Crippen LogP contribution in [0.5, 0.6) is 0 Å². The molecule has 4 nitrogen and oxygen atoms in total. The van der Waals surface area contributed by atoms with Crippen LogP contribution in [0.4, 0.5) is 0 Å². The Balaban J connectivity index is 2.31. The summed E-state index contributed by atoms with van der Waals surface area (Å²) >= 11 is 5.84. The first-order chi connectivity index (χ1) is 8.39. The number of rotatable bonds is 2. The van der Waals surface area contributed by atoms with E-state index in [2.05, 4.69) is 0 Å². The molecule has 1 aromatic rings. The number of sulfonamides is 1. The summed E-state index contributed by atoms with van der Waals surface area (Å²) < 4.78 is 31.9. The minimum Gasteiger partial charge on any atom is -0.373 e. The maximum Gasteiger partial charge on any atom is 0.243 e. The number of halogens is 1. The van der Waals surface area contributed by atoms with Crippen LogP contribution in [0.3, 0.4) is 0 Å². The van der Waals surface area contributed by atoms with E-state index in [9.17, 15) is 8.42 Å². The molecular formula is C12H16ClNO3S. The third-order valence-electron chi connectivity index (χ3n) is 2.82. The molecule has 0 aromatic heterocycles. The van der Waals surface area contributed by atoms with Gasteiger partial charge in [0.15, 0.2) is 0 Å². The van der Waals surface area contributed by atoms with Crippen molar-refractivity contribution >= 4 is 21.6 Å². The van der Waals surface area contributed by atoms with Crippen molar-refractivity contribution in [3.63, 3.8) is 0 Å². The highest BCUT2D eigenvalue weighted by Gasteiger charge is 2.32. The van der Waals surface area contributed by atoms with Crippen LogP contribution in [0, 0.1) is 0 Å². The summed E-state index contributed by atoms with van der Waals surface area (Å²) in [6, 6.07) is 6.33. The molecule has 100 valence electrons. The van der Waals surface area contributed by atoms with Gasteiger partial charge in [-0.25, -0.2) is 8.42 Å². The molecule has 18 heavy (non-hydrogen) atoms. The molecule has 0 unspecified atom stereocenters. The predicted octanol–water partition coefficient (Wildman–Crippen LogP) is 2.14. The number of benzene rings is 1. The second-order valence-electron chi connectivity index (χ2n) is 4.54. The molecule has 0 N–H and O–H groups in total. The maximum absolute atomic E-state index is 12.4. The van der Waals surface area contributed by atoms with Crippen molar-refractivity contribution in [3.8, 4) is 0 Å². The van der Waals surface area contributed by atoms with Gasteiger partial charge in [0.05, 0.1) is 17.1 Å². The summed E-state index contributed by atoms with van der Waals surface area (Å²) in [6.45, 7) is 4.49. The molecule has 1 aromatic carbocycles. The van der Waals surface area contributed by atoms with Gasteiger partial charge in [0.25, 0.3) is 0 Å². The van der Waals surface area contributed by atoms with Gasteiger partial charge in [-0.3, -0.25) is 0 Å². The number of hydrogen-bond acceptors (Lipinski definition) is 3. The van der Waals surface area contributed by atoms with E-state index in [0.29, 0.717) is 18.1 Å². The Kier molecular flexibility index (Phi) is 3.96. The average molecular weight is 290 g/mol. The molecule has 1 fully saturated rings. The van der Waals surface area contributed by atoms with Gasteiger partial charge in [0.1, 0.15) is 0 Å². The van der Waals surface area contributed by atoms with Crippen molar-refractivity contribution in [3.05, 3.63) is 29.3 Å². The summed E-state index contributed by atoms with van der Waals surface area (Å²) in [5.74, 6) is 0. The second kappa shape index (κ2) is 5.17. The van der Waals surface area contributed by atoms with Gasteiger partial charge >= 0.3 is 0 Å². The van der Waals surface area contributed by atoms with Crippen molar-refractivity contribution in [1.29, 1.82) is 0 Å². The summed E-state index contributed by atoms with van der Waals surface area (Å²) in [5, 5.41) is 0.422. The lowest BCUT2D eigenvalue weighted by atomic mass is 10.3. The Hall–Kier alpha value is -0.620. The largest absolute Gasteiger partial charge is 0.373 e. The van der Waals surface area contributed by atoms with Crippen LogP contribution in [-0.4, -0.2) is 38.0 Å². The van der Waals surface area contributed by atoms with Crippen molar-refractivity contribution in [1.82, 2.24) is 4.31 Å². The van der Waals surface area contributed by atoms with E-state index in [1.165, 1.54) is 10.4 Å². The van der Waals surface area contributed by atoms with Crippen LogP contribution in [-0.2, 0) is 14.8 Å². The lowest BCUT2D eigenvalue weighted by molar-refractivity contribution is -0.0440. The molecule has 0 amide bonds. The number of hydrogen-bond donors (Lipinski definition) is 0. The normalized spacial score (nSPS) is 26.2. The monoisotopic (exact) mass is 289 g/mol. The lowest BCUT2D eigenvalue weighted by Gasteiger charge is -2.34. The molecule has 6 heteroatoms. The van der Waals surface area contributed by atoms with E-state index in [-0.39, 0.29) is 17.1 Å². The maximum atomic E-state index is 12.4. The minimum absolute atomic E-state index is 0.0947. The molecule has 1 saturated heterocycles. The standard InChI is InChI=1S/C12H16ClNO3S/c1-9-7-14(8-10(2)17-9)18(15,16)12-5-3-4-11(13)6-12/h3-6,9-10H,7-8H2,1-2H3/t9-,10-/m1/s1. The molecule has 1 aliphatic heterocycles. The fourth-order valence-electron chi connectivity index (χ4n) is 2.10. The highest BCUT2D eigenvalue weighted by atomic mass is 35.5. The average Bonchev–Trinajstić information content (AvgIpc) is 2.27. The quantitative estimate of drug-likeness (QED) is 0.838. The third kappa shape index (κ3) is 2.85. The molecule has 0 saturated carbocycles. The zero-order valence-corrected chi connectivity index (χ0v) is 11.9. The molecule has 2 rings (SSSR count). The van der Waals surface area contributed by atoms with Crippen LogP contribution in [0.1, 0.15) is 13.8 Å². The van der Waals surface area contributed by atoms with Crippen LogP contribution in [0.25, 0.3) is 0 Å². The first-order valence-electron chi connectivity index (χ1n) is 5.81. The summed E-state index contributed by atoms with van der Waals surface area (Å²) in [5.41, 5.74) is 0. The fourth-order valence-corrected chi connectivity index (χ4v) is 4.00. The van der Waals surface area contributed by atoms with E-state index in [4.69, 9.17) is 16.3 Å². The Labute approximate surface area is 113 Å². The van der Waals surface area contributed by atoms with Crippen LogP contribution in [0.2, 0.25) is 5.02 Å². The SMILES string of the molecule is C[C@@H]1CN(S(=O)(=O)c2cccc(Cl)c2)C[C@@H](C)O1. The minimum atomic E-state index is -3.48. The first kappa shape index (κ1) is 13.8. The molecule has 0 spiro atoms. The number of nitrogens with zero attached hydrogens (tertiary/aromatic N) is 1. The summed E-state index contributed by atoms with van der Waals surface area (Å²) in [4.78, 5) is 0.233. The van der Waals surface area contributed by atoms with Gasteiger partial charge in [0.2, 0.25) is 10.0 Å². The number of morpholine rings is 1. The predicted molar refractivity (Wildman–Crippen MR) is 70.2 cm³/mol. The molecule has 2 atom stereocenters. The van der Waals surface area contributed by atoms with E-state index >= 15 is 0 Å². The van der Waals surface area contributed by atoms with Crippen molar-refractivity contribution in [2.24, 2.45) is 0 Å². The second-order valence-corrected chi connectivity index (χ2v) is 6.91. The van der Waals surface area contributed by atoms with Crippen molar-refractivity contribution in [2.45, 2.75) is 31.0 Å². The van der Waals surface area contributed by atoms with Crippen LogP contribution < -0.4 is 0 Å². The topological polar surface area (TPSA) is 46.6 Å². The third-order valence-corrected chi connectivity index (χ3v) is 4.88. The Morgan fingerprint density at radius 2 is 1.89 bits per heavy atom. The molecule has 0 bridgehead atoms. The molecule has 0 aliphatic carbocycles. The summed E-state index contributed by atoms with van der Waals surface area (Å²) in [7, 11) is -3.48. The van der Waals surface area contributed by atoms with Crippen molar-refractivity contribution in [2.75, 3.05) is 13.1 Å². The zero-order chi connectivity index (χ0) is 13.3. The van der Waals surface area contributed by atoms with Gasteiger partial charge in [-0.05, 0) is 32.0 Å². The molecule has 1 heterocycles. The fraction of sp³-hybridized carbons (Fsp3) is 0.500. The summed E-state index contributed by atoms with van der Waals surface area (Å²) in [6.07, 6.45) is -0.189. The smallest absolute Gasteiger partial charge is 0.243 e. The lowest BCUT2D eigenvalue weighted by Crippen LogP contribution is -2.48. The zero-order valence-electron chi connectivity index (χ0n) is 10.3. The van der Waals surface area contributed by atoms with E-state index in [1.807, 2.05) is 13.8 Å². The van der Waals surface area contributed by atoms with Gasteiger partial charge in [-0.1, -0.05) is 17.7 Å². The van der Waals surface area contributed by atoms with E-state index in [0.717, 1.165) is 0 Å². The highest BCUT2D eigenvalue weighted by molar-refractivity contribution is 7.89. The highest BCUT2D eigenvalue weighted by Crippen LogP contribution is 2.23. The molecular weight excluding hydrogens is 274 g/mol. The Morgan fingerprint density at radius 1 is 1.28 bits per heavy atom. The van der Waals surface area contributed by atoms with Gasteiger partial charge in [0, 0.05) is 18.1 Å². The van der Waals surface area contributed by atoms with Crippen LogP contribution in [0.15, 0.2) is 29.2 Å². The van der Waals surface area contributed by atoms with Crippen molar-refractivity contribution < 1.29 is 13.2 Å².